The highest BCUT2D eigenvalue weighted by Gasteiger charge is 2.05. The monoisotopic (exact) mass is 391 g/mol. The number of nitrogens with one attached hydrogen (secondary N) is 1. The quantitative estimate of drug-likeness (QED) is 0.273. The maximum Gasteiger partial charge on any atom is 0.188 e. The van der Waals surface area contributed by atoms with Gasteiger partial charge in [-0.15, -0.1) is 0 Å². The van der Waals surface area contributed by atoms with E-state index in [4.69, 9.17) is 10.5 Å². The summed E-state index contributed by atoms with van der Waals surface area (Å²) in [5.41, 5.74) is 5.67. The molecule has 0 bridgehead atoms. The molecule has 0 saturated heterocycles. The Balaban J connectivity index is 2.24. The van der Waals surface area contributed by atoms with Crippen molar-refractivity contribution in [3.05, 3.63) is 27.8 Å². The maximum absolute atomic E-state index is 9.77. The number of nitrogens with zero attached hydrogens (tertiary/aromatic N) is 1. The molecule has 0 saturated carbocycles. The van der Waals surface area contributed by atoms with Crippen LogP contribution in [-0.4, -0.2) is 36.9 Å². The molecule has 6 heteroatoms. The molecule has 1 aromatic carbocycles. The van der Waals surface area contributed by atoms with Gasteiger partial charge in [0.05, 0.1) is 6.54 Å². The van der Waals surface area contributed by atoms with Gasteiger partial charge in [-0.05, 0) is 53.3 Å². The number of aliphatic imine (C=N–C) groups is 1. The minimum absolute atomic E-state index is 0.201. The van der Waals surface area contributed by atoms with Crippen LogP contribution in [0, 0.1) is 3.57 Å². The number of unbranched alkanes of at least 4 members (excludes halogenated alkanes) is 1. The zero-order valence-electron chi connectivity index (χ0n) is 11.7. The lowest BCUT2D eigenvalue weighted by Gasteiger charge is -2.11. The summed E-state index contributed by atoms with van der Waals surface area (Å²) in [4.78, 5) is 4.07. The molecule has 1 aromatic rings. The summed E-state index contributed by atoms with van der Waals surface area (Å²) in [6.45, 7) is 3.35. The third-order valence-corrected chi connectivity index (χ3v) is 3.28. The second-order valence-electron chi connectivity index (χ2n) is 4.43. The van der Waals surface area contributed by atoms with Crippen LogP contribution in [0.3, 0.4) is 0 Å². The molecular formula is C14H22IN3O2. The van der Waals surface area contributed by atoms with Crippen LogP contribution in [0.15, 0.2) is 29.3 Å². The number of hydrogen-bond donors (Lipinski definition) is 3. The van der Waals surface area contributed by atoms with Gasteiger partial charge in [-0.3, -0.25) is 4.99 Å². The van der Waals surface area contributed by atoms with Crippen LogP contribution in [0.1, 0.15) is 19.8 Å². The molecule has 0 aliphatic heterocycles. The molecular weight excluding hydrogens is 369 g/mol. The third-order valence-electron chi connectivity index (χ3n) is 2.56. The SMILES string of the molecule is CCCCNC(N)=NCC(O)COc1ccc(I)cc1. The van der Waals surface area contributed by atoms with Crippen LogP contribution in [0.25, 0.3) is 0 Å². The van der Waals surface area contributed by atoms with E-state index >= 15 is 0 Å². The molecule has 0 heterocycles. The number of halogens is 1. The largest absolute Gasteiger partial charge is 0.491 e. The van der Waals surface area contributed by atoms with Crippen LogP contribution < -0.4 is 15.8 Å². The Morgan fingerprint density at radius 2 is 2.15 bits per heavy atom. The highest BCUT2D eigenvalue weighted by Crippen LogP contribution is 2.13. The zero-order chi connectivity index (χ0) is 14.8. The second kappa shape index (κ2) is 9.82. The molecule has 20 heavy (non-hydrogen) atoms. The molecule has 0 fully saturated rings. The van der Waals surface area contributed by atoms with Crippen molar-refractivity contribution in [1.82, 2.24) is 5.32 Å². The van der Waals surface area contributed by atoms with Crippen LogP contribution >= 0.6 is 22.6 Å². The van der Waals surface area contributed by atoms with Crippen LogP contribution in [0.2, 0.25) is 0 Å². The molecule has 4 N–H and O–H groups in total. The number of rotatable bonds is 8. The Bertz CT molecular complexity index is 409. The van der Waals surface area contributed by atoms with Gasteiger partial charge >= 0.3 is 0 Å². The van der Waals surface area contributed by atoms with Crippen LogP contribution in [0.5, 0.6) is 5.75 Å². The van der Waals surface area contributed by atoms with Gasteiger partial charge in [0.25, 0.3) is 0 Å². The number of benzene rings is 1. The summed E-state index contributed by atoms with van der Waals surface area (Å²) >= 11 is 2.23. The normalized spacial score (nSPS) is 13.1. The Labute approximate surface area is 133 Å². The van der Waals surface area contributed by atoms with E-state index in [9.17, 15) is 5.11 Å². The van der Waals surface area contributed by atoms with Crippen molar-refractivity contribution in [2.24, 2.45) is 10.7 Å². The van der Waals surface area contributed by atoms with Crippen molar-refractivity contribution in [1.29, 1.82) is 0 Å². The molecule has 0 aromatic heterocycles. The van der Waals surface area contributed by atoms with Crippen molar-refractivity contribution in [2.45, 2.75) is 25.9 Å². The Morgan fingerprint density at radius 1 is 1.45 bits per heavy atom. The van der Waals surface area contributed by atoms with E-state index in [0.717, 1.165) is 28.7 Å². The molecule has 112 valence electrons. The molecule has 1 unspecified atom stereocenters. The first-order chi connectivity index (χ1) is 9.61. The highest BCUT2D eigenvalue weighted by atomic mass is 127. The van der Waals surface area contributed by atoms with E-state index < -0.39 is 6.10 Å². The average molecular weight is 391 g/mol. The number of aliphatic hydroxyl groups is 1. The first kappa shape index (κ1) is 17.0. The minimum atomic E-state index is -0.666. The van der Waals surface area contributed by atoms with Gasteiger partial charge in [0.1, 0.15) is 18.5 Å². The van der Waals surface area contributed by atoms with E-state index in [-0.39, 0.29) is 13.2 Å². The second-order valence-corrected chi connectivity index (χ2v) is 5.67. The number of hydrogen-bond acceptors (Lipinski definition) is 3. The molecule has 0 aliphatic rings. The number of guanidine groups is 1. The smallest absolute Gasteiger partial charge is 0.188 e. The molecule has 1 atom stereocenters. The predicted octanol–water partition coefficient (Wildman–Crippen LogP) is 1.74. The van der Waals surface area contributed by atoms with Crippen LogP contribution in [0.4, 0.5) is 0 Å². The summed E-state index contributed by atoms with van der Waals surface area (Å²) in [5, 5.41) is 12.8. The van der Waals surface area contributed by atoms with Gasteiger partial charge in [-0.2, -0.15) is 0 Å². The van der Waals surface area contributed by atoms with Gasteiger partial charge < -0.3 is 20.9 Å². The van der Waals surface area contributed by atoms with Gasteiger partial charge in [0.2, 0.25) is 0 Å². The highest BCUT2D eigenvalue weighted by molar-refractivity contribution is 14.1. The lowest BCUT2D eigenvalue weighted by atomic mass is 10.3. The molecule has 0 spiro atoms. The first-order valence-electron chi connectivity index (χ1n) is 6.72. The molecule has 5 nitrogen and oxygen atoms in total. The zero-order valence-corrected chi connectivity index (χ0v) is 13.8. The molecule has 0 amide bonds. The fourth-order valence-electron chi connectivity index (χ4n) is 1.43. The summed E-state index contributed by atoms with van der Waals surface area (Å²) in [6, 6.07) is 7.66. The van der Waals surface area contributed by atoms with Crippen molar-refractivity contribution in [3.63, 3.8) is 0 Å². The van der Waals surface area contributed by atoms with E-state index in [0.29, 0.717) is 5.96 Å². The lowest BCUT2D eigenvalue weighted by molar-refractivity contribution is 0.114. The van der Waals surface area contributed by atoms with Crippen LogP contribution in [-0.2, 0) is 0 Å². The predicted molar refractivity (Wildman–Crippen MR) is 90.1 cm³/mol. The fraction of sp³-hybridized carbons (Fsp3) is 0.500. The van der Waals surface area contributed by atoms with Crippen molar-refractivity contribution >= 4 is 28.6 Å². The van der Waals surface area contributed by atoms with Gasteiger partial charge in [-0.1, -0.05) is 13.3 Å². The van der Waals surface area contributed by atoms with E-state index in [2.05, 4.69) is 39.8 Å². The van der Waals surface area contributed by atoms with E-state index in [1.165, 1.54) is 0 Å². The van der Waals surface area contributed by atoms with Gasteiger partial charge in [-0.25, -0.2) is 0 Å². The van der Waals surface area contributed by atoms with Crippen molar-refractivity contribution in [3.8, 4) is 5.75 Å². The summed E-state index contributed by atoms with van der Waals surface area (Å²) in [7, 11) is 0. The standard InChI is InChI=1S/C14H22IN3O2/c1-2-3-8-17-14(16)18-9-12(19)10-20-13-6-4-11(15)5-7-13/h4-7,12,19H,2-3,8-10H2,1H3,(H3,16,17,18). The fourth-order valence-corrected chi connectivity index (χ4v) is 1.79. The number of nitrogens with two attached hydrogens (primary N) is 1. The first-order valence-corrected chi connectivity index (χ1v) is 7.80. The Morgan fingerprint density at radius 3 is 2.80 bits per heavy atom. The van der Waals surface area contributed by atoms with E-state index in [1.54, 1.807) is 0 Å². The summed E-state index contributed by atoms with van der Waals surface area (Å²) in [6.07, 6.45) is 1.49. The Hall–Kier alpha value is -1.02. The lowest BCUT2D eigenvalue weighted by Crippen LogP contribution is -2.34. The van der Waals surface area contributed by atoms with Crippen molar-refractivity contribution in [2.75, 3.05) is 19.7 Å². The third kappa shape index (κ3) is 7.54. The minimum Gasteiger partial charge on any atom is -0.491 e. The Kier molecular flexibility index (Phi) is 8.36. The van der Waals surface area contributed by atoms with Crippen molar-refractivity contribution < 1.29 is 9.84 Å². The molecule has 1 rings (SSSR count). The summed E-state index contributed by atoms with van der Waals surface area (Å²) in [5.74, 6) is 1.11. The number of ether oxygens (including phenoxy) is 1. The molecule has 0 radical (unpaired) electrons. The average Bonchev–Trinajstić information content (AvgIpc) is 2.45. The maximum atomic E-state index is 9.77. The topological polar surface area (TPSA) is 79.9 Å². The molecule has 0 aliphatic carbocycles. The van der Waals surface area contributed by atoms with Gasteiger partial charge in [0.15, 0.2) is 5.96 Å². The summed E-state index contributed by atoms with van der Waals surface area (Å²) < 4.78 is 6.61. The number of aliphatic hydroxyl groups excluding tert-OH is 1. The van der Waals surface area contributed by atoms with E-state index in [1.807, 2.05) is 24.3 Å². The van der Waals surface area contributed by atoms with Gasteiger partial charge in [0, 0.05) is 10.1 Å².